The van der Waals surface area contributed by atoms with E-state index < -0.39 is 0 Å². The summed E-state index contributed by atoms with van der Waals surface area (Å²) in [5.41, 5.74) is 6.60. The van der Waals surface area contributed by atoms with Crippen molar-refractivity contribution >= 4 is 5.91 Å². The predicted octanol–water partition coefficient (Wildman–Crippen LogP) is 1.70. The molecule has 1 aromatic carbocycles. The number of rotatable bonds is 3. The second-order valence-corrected chi connectivity index (χ2v) is 6.31. The van der Waals surface area contributed by atoms with Gasteiger partial charge in [0.05, 0.1) is 0 Å². The summed E-state index contributed by atoms with van der Waals surface area (Å²) in [4.78, 5) is 10.5. The highest BCUT2D eigenvalue weighted by Crippen LogP contribution is 2.17. The van der Waals surface area contributed by atoms with Crippen LogP contribution in [-0.2, 0) is 11.2 Å². The highest BCUT2D eigenvalue weighted by Gasteiger charge is 2.17. The molecule has 0 unspecified atom stereocenters. The third kappa shape index (κ3) is 6.16. The molecule has 4 heteroatoms. The number of amides is 1. The molecular formula is C18H29N3O. The molecule has 0 aliphatic carbocycles. The highest BCUT2D eigenvalue weighted by molar-refractivity contribution is 5.76. The summed E-state index contributed by atoms with van der Waals surface area (Å²) in [6, 6.07) is 10.8. The minimum Gasteiger partial charge on any atom is -0.369 e. The van der Waals surface area contributed by atoms with Gasteiger partial charge in [-0.1, -0.05) is 30.3 Å². The normalized spacial score (nSPS) is 20.0. The number of nitrogens with one attached hydrogen (secondary N) is 2. The Balaban J connectivity index is 0.000000172. The minimum atomic E-state index is -0.142. The van der Waals surface area contributed by atoms with Crippen LogP contribution in [-0.4, -0.2) is 32.1 Å². The molecule has 1 aromatic rings. The van der Waals surface area contributed by atoms with Crippen molar-refractivity contribution in [3.63, 3.8) is 0 Å². The monoisotopic (exact) mass is 303 g/mol. The van der Waals surface area contributed by atoms with E-state index in [1.165, 1.54) is 37.9 Å². The van der Waals surface area contributed by atoms with Crippen molar-refractivity contribution in [3.8, 4) is 0 Å². The second-order valence-electron chi connectivity index (χ2n) is 6.31. The standard InChI is InChI=1S/C12H17N.C6H12N2O/c1-2-4-11(5-3-1)10-12-6-8-13-9-7-12;7-6(9)5-1-3-8-4-2-5/h1-5,12-13H,6-10H2;5,8H,1-4H2,(H2,7,9). The van der Waals surface area contributed by atoms with Gasteiger partial charge < -0.3 is 16.4 Å². The van der Waals surface area contributed by atoms with Crippen molar-refractivity contribution in [1.82, 2.24) is 10.6 Å². The van der Waals surface area contributed by atoms with Gasteiger partial charge in [0, 0.05) is 5.92 Å². The summed E-state index contributed by atoms with van der Waals surface area (Å²) in [6.07, 6.45) is 5.77. The molecule has 0 saturated carbocycles. The van der Waals surface area contributed by atoms with E-state index in [4.69, 9.17) is 5.73 Å². The van der Waals surface area contributed by atoms with Crippen LogP contribution in [0.2, 0.25) is 0 Å². The van der Waals surface area contributed by atoms with E-state index >= 15 is 0 Å². The van der Waals surface area contributed by atoms with Crippen LogP contribution in [0.15, 0.2) is 30.3 Å². The third-order valence-corrected chi connectivity index (χ3v) is 4.57. The van der Waals surface area contributed by atoms with Gasteiger partial charge >= 0.3 is 0 Å². The number of hydrogen-bond acceptors (Lipinski definition) is 3. The Morgan fingerprint density at radius 2 is 1.50 bits per heavy atom. The van der Waals surface area contributed by atoms with Crippen LogP contribution < -0.4 is 16.4 Å². The third-order valence-electron chi connectivity index (χ3n) is 4.57. The van der Waals surface area contributed by atoms with Gasteiger partial charge in [-0.3, -0.25) is 4.79 Å². The lowest BCUT2D eigenvalue weighted by Crippen LogP contribution is -2.34. The van der Waals surface area contributed by atoms with Crippen molar-refractivity contribution in [3.05, 3.63) is 35.9 Å². The summed E-state index contributed by atoms with van der Waals surface area (Å²) in [6.45, 7) is 4.29. The van der Waals surface area contributed by atoms with E-state index in [2.05, 4.69) is 41.0 Å². The number of piperidine rings is 2. The Hall–Kier alpha value is -1.39. The van der Waals surface area contributed by atoms with Crippen LogP contribution in [0.25, 0.3) is 0 Å². The van der Waals surface area contributed by atoms with Gasteiger partial charge in [0.1, 0.15) is 0 Å². The molecule has 0 spiro atoms. The zero-order valence-corrected chi connectivity index (χ0v) is 13.4. The largest absolute Gasteiger partial charge is 0.369 e. The first kappa shape index (κ1) is 17.0. The SMILES string of the molecule is NC(=O)C1CCNCC1.c1ccc(CC2CCNCC2)cc1. The highest BCUT2D eigenvalue weighted by atomic mass is 16.1. The molecule has 2 saturated heterocycles. The maximum absolute atomic E-state index is 10.5. The molecule has 3 rings (SSSR count). The summed E-state index contributed by atoms with van der Waals surface area (Å²) < 4.78 is 0. The molecular weight excluding hydrogens is 274 g/mol. The van der Waals surface area contributed by atoms with Crippen molar-refractivity contribution in [2.45, 2.75) is 32.1 Å². The van der Waals surface area contributed by atoms with Crippen LogP contribution in [0.4, 0.5) is 0 Å². The van der Waals surface area contributed by atoms with Gasteiger partial charge in [0.25, 0.3) is 0 Å². The number of nitrogens with two attached hydrogens (primary N) is 1. The number of primary amides is 1. The molecule has 0 radical (unpaired) electrons. The molecule has 2 aliphatic heterocycles. The van der Waals surface area contributed by atoms with Gasteiger partial charge in [-0.15, -0.1) is 0 Å². The first-order valence-electron chi connectivity index (χ1n) is 8.50. The van der Waals surface area contributed by atoms with Gasteiger partial charge in [-0.05, 0) is 69.8 Å². The van der Waals surface area contributed by atoms with E-state index in [1.807, 2.05) is 0 Å². The van der Waals surface area contributed by atoms with Crippen LogP contribution in [0.3, 0.4) is 0 Å². The maximum atomic E-state index is 10.5. The van der Waals surface area contributed by atoms with Crippen LogP contribution >= 0.6 is 0 Å². The number of carbonyl (C=O) groups is 1. The quantitative estimate of drug-likeness (QED) is 0.796. The van der Waals surface area contributed by atoms with Gasteiger partial charge in [0.15, 0.2) is 0 Å². The predicted molar refractivity (Wildman–Crippen MR) is 90.5 cm³/mol. The Bertz CT molecular complexity index is 423. The molecule has 1 amide bonds. The van der Waals surface area contributed by atoms with Crippen molar-refractivity contribution in [2.24, 2.45) is 17.6 Å². The molecule has 2 heterocycles. The average Bonchev–Trinajstić information content (AvgIpc) is 2.58. The molecule has 2 aliphatic rings. The zero-order valence-electron chi connectivity index (χ0n) is 13.4. The molecule has 4 N–H and O–H groups in total. The smallest absolute Gasteiger partial charge is 0.220 e. The lowest BCUT2D eigenvalue weighted by Gasteiger charge is -2.22. The van der Waals surface area contributed by atoms with Crippen LogP contribution in [0.5, 0.6) is 0 Å². The fourth-order valence-corrected chi connectivity index (χ4v) is 3.14. The van der Waals surface area contributed by atoms with E-state index in [-0.39, 0.29) is 11.8 Å². The summed E-state index contributed by atoms with van der Waals surface area (Å²) >= 11 is 0. The molecule has 0 atom stereocenters. The Kier molecular flexibility index (Phi) is 7.40. The van der Waals surface area contributed by atoms with E-state index in [1.54, 1.807) is 0 Å². The summed E-state index contributed by atoms with van der Waals surface area (Å²) in [5, 5.41) is 6.56. The lowest BCUT2D eigenvalue weighted by molar-refractivity contribution is -0.122. The van der Waals surface area contributed by atoms with Crippen LogP contribution in [0.1, 0.15) is 31.2 Å². The molecule has 4 nitrogen and oxygen atoms in total. The molecule has 0 bridgehead atoms. The maximum Gasteiger partial charge on any atom is 0.220 e. The average molecular weight is 303 g/mol. The number of hydrogen-bond donors (Lipinski definition) is 3. The van der Waals surface area contributed by atoms with Gasteiger partial charge in [0.2, 0.25) is 5.91 Å². The lowest BCUT2D eigenvalue weighted by atomic mass is 9.91. The van der Waals surface area contributed by atoms with E-state index in [9.17, 15) is 4.79 Å². The number of benzene rings is 1. The first-order valence-corrected chi connectivity index (χ1v) is 8.50. The van der Waals surface area contributed by atoms with Gasteiger partial charge in [-0.25, -0.2) is 0 Å². The Labute approximate surface area is 133 Å². The fraction of sp³-hybridized carbons (Fsp3) is 0.611. The van der Waals surface area contributed by atoms with Crippen molar-refractivity contribution in [2.75, 3.05) is 26.2 Å². The summed E-state index contributed by atoms with van der Waals surface area (Å²) in [7, 11) is 0. The second kappa shape index (κ2) is 9.59. The Morgan fingerprint density at radius 1 is 0.955 bits per heavy atom. The zero-order chi connectivity index (χ0) is 15.6. The minimum absolute atomic E-state index is 0.131. The van der Waals surface area contributed by atoms with E-state index in [0.29, 0.717) is 0 Å². The molecule has 0 aromatic heterocycles. The van der Waals surface area contributed by atoms with E-state index in [0.717, 1.165) is 31.8 Å². The Morgan fingerprint density at radius 3 is 2.00 bits per heavy atom. The molecule has 122 valence electrons. The number of carbonyl (C=O) groups excluding carboxylic acids is 1. The summed E-state index contributed by atoms with van der Waals surface area (Å²) in [5.74, 6) is 0.895. The van der Waals surface area contributed by atoms with Crippen molar-refractivity contribution < 1.29 is 4.79 Å². The van der Waals surface area contributed by atoms with Gasteiger partial charge in [-0.2, -0.15) is 0 Å². The topological polar surface area (TPSA) is 67.2 Å². The first-order chi connectivity index (χ1) is 10.8. The fourth-order valence-electron chi connectivity index (χ4n) is 3.14. The van der Waals surface area contributed by atoms with Crippen molar-refractivity contribution in [1.29, 1.82) is 0 Å². The molecule has 22 heavy (non-hydrogen) atoms. The molecule has 2 fully saturated rings. The van der Waals surface area contributed by atoms with Crippen LogP contribution in [0, 0.1) is 11.8 Å².